The van der Waals surface area contributed by atoms with Gasteiger partial charge < -0.3 is 24.8 Å². The number of ether oxygens (including phenoxy) is 1. The van der Waals surface area contributed by atoms with Crippen LogP contribution in [0.3, 0.4) is 0 Å². The average molecular weight is 522 g/mol. The Balaban J connectivity index is 1.30. The van der Waals surface area contributed by atoms with Gasteiger partial charge in [-0.2, -0.15) is 0 Å². The number of piperidine rings is 1. The van der Waals surface area contributed by atoms with Gasteiger partial charge in [0.05, 0.1) is 17.7 Å². The molecule has 11 heteroatoms. The first-order chi connectivity index (χ1) is 18.4. The van der Waals surface area contributed by atoms with Gasteiger partial charge in [0.2, 0.25) is 5.91 Å². The standard InChI is InChI=1S/C27H31N5O6/c33-24(28-17-23-10-5-15-38-23)18-30-19-31(21-7-2-1-3-8-21)27(26(30)35)11-13-29(14-12-27)25(34)20-6-4-9-22(16-20)32(36)37/h1-4,6-9,16,23H,5,10-15,17-19H2,(H,28,33). The predicted octanol–water partition coefficient (Wildman–Crippen LogP) is 2.17. The summed E-state index contributed by atoms with van der Waals surface area (Å²) in [5.41, 5.74) is 0.105. The van der Waals surface area contributed by atoms with E-state index in [0.29, 0.717) is 39.1 Å². The Morgan fingerprint density at radius 1 is 1.11 bits per heavy atom. The molecule has 5 rings (SSSR count). The average Bonchev–Trinajstić information content (AvgIpc) is 3.56. The van der Waals surface area contributed by atoms with Crippen molar-refractivity contribution in [1.82, 2.24) is 15.1 Å². The Morgan fingerprint density at radius 3 is 2.55 bits per heavy atom. The highest BCUT2D eigenvalue weighted by molar-refractivity contribution is 5.98. The van der Waals surface area contributed by atoms with Crippen LogP contribution in [0, 0.1) is 10.1 Å². The van der Waals surface area contributed by atoms with E-state index in [1.807, 2.05) is 35.2 Å². The van der Waals surface area contributed by atoms with Gasteiger partial charge in [0.25, 0.3) is 17.5 Å². The van der Waals surface area contributed by atoms with Crippen LogP contribution < -0.4 is 10.2 Å². The third kappa shape index (κ3) is 5.06. The number of amides is 3. The van der Waals surface area contributed by atoms with Crippen molar-refractivity contribution in [1.29, 1.82) is 0 Å². The molecule has 0 aromatic heterocycles. The van der Waals surface area contributed by atoms with E-state index in [1.165, 1.54) is 18.2 Å². The first-order valence-electron chi connectivity index (χ1n) is 12.9. The van der Waals surface area contributed by atoms with Crippen molar-refractivity contribution in [2.24, 2.45) is 0 Å². The summed E-state index contributed by atoms with van der Waals surface area (Å²) in [6.45, 7) is 2.00. The first-order valence-corrected chi connectivity index (χ1v) is 12.9. The monoisotopic (exact) mass is 521 g/mol. The van der Waals surface area contributed by atoms with Gasteiger partial charge in [0.1, 0.15) is 12.1 Å². The molecule has 0 saturated carbocycles. The van der Waals surface area contributed by atoms with E-state index in [2.05, 4.69) is 5.32 Å². The minimum atomic E-state index is -0.879. The number of para-hydroxylation sites is 1. The summed E-state index contributed by atoms with van der Waals surface area (Å²) < 4.78 is 5.57. The van der Waals surface area contributed by atoms with E-state index in [-0.39, 0.29) is 48.3 Å². The highest BCUT2D eigenvalue weighted by Crippen LogP contribution is 2.39. The number of nitrogens with one attached hydrogen (secondary N) is 1. The molecule has 1 unspecified atom stereocenters. The number of hydrogen-bond acceptors (Lipinski definition) is 7. The maximum Gasteiger partial charge on any atom is 0.270 e. The summed E-state index contributed by atoms with van der Waals surface area (Å²) in [7, 11) is 0. The van der Waals surface area contributed by atoms with Crippen LogP contribution in [-0.4, -0.2) is 83.5 Å². The lowest BCUT2D eigenvalue weighted by Crippen LogP contribution is -2.57. The fraction of sp³-hybridized carbons (Fsp3) is 0.444. The van der Waals surface area contributed by atoms with Crippen molar-refractivity contribution in [3.8, 4) is 0 Å². The molecule has 3 aliphatic rings. The highest BCUT2D eigenvalue weighted by Gasteiger charge is 2.54. The number of carbonyl (C=O) groups excluding carboxylic acids is 3. The summed E-state index contributed by atoms with van der Waals surface area (Å²) in [6, 6.07) is 15.3. The Labute approximate surface area is 220 Å². The van der Waals surface area contributed by atoms with Crippen molar-refractivity contribution in [3.05, 3.63) is 70.3 Å². The Hall–Kier alpha value is -3.99. The maximum absolute atomic E-state index is 13.8. The van der Waals surface area contributed by atoms with Gasteiger partial charge in [-0.05, 0) is 43.9 Å². The predicted molar refractivity (Wildman–Crippen MR) is 138 cm³/mol. The third-order valence-electron chi connectivity index (χ3n) is 7.65. The zero-order valence-electron chi connectivity index (χ0n) is 21.1. The molecule has 2 aromatic rings. The van der Waals surface area contributed by atoms with Gasteiger partial charge >= 0.3 is 0 Å². The van der Waals surface area contributed by atoms with Crippen LogP contribution >= 0.6 is 0 Å². The number of anilines is 1. The van der Waals surface area contributed by atoms with Crippen LogP contribution in [0.1, 0.15) is 36.0 Å². The molecule has 0 radical (unpaired) electrons. The number of benzene rings is 2. The normalized spacial score (nSPS) is 20.7. The molecule has 3 saturated heterocycles. The smallest absolute Gasteiger partial charge is 0.270 e. The summed E-state index contributed by atoms with van der Waals surface area (Å²) in [4.78, 5) is 55.5. The second-order valence-corrected chi connectivity index (χ2v) is 9.98. The van der Waals surface area contributed by atoms with Crippen molar-refractivity contribution in [3.63, 3.8) is 0 Å². The van der Waals surface area contributed by atoms with Crippen LogP contribution in [0.25, 0.3) is 0 Å². The summed E-state index contributed by atoms with van der Waals surface area (Å²) >= 11 is 0. The van der Waals surface area contributed by atoms with Crippen molar-refractivity contribution < 1.29 is 24.0 Å². The summed E-state index contributed by atoms with van der Waals surface area (Å²) in [5.74, 6) is -0.654. The quantitative estimate of drug-likeness (QED) is 0.437. The van der Waals surface area contributed by atoms with Gasteiger partial charge in [-0.25, -0.2) is 0 Å². The lowest BCUT2D eigenvalue weighted by atomic mass is 9.85. The van der Waals surface area contributed by atoms with Crippen LogP contribution in [0.5, 0.6) is 0 Å². The Bertz CT molecular complexity index is 1210. The molecule has 3 fully saturated rings. The van der Waals surface area contributed by atoms with Crippen LogP contribution in [0.4, 0.5) is 11.4 Å². The lowest BCUT2D eigenvalue weighted by Gasteiger charge is -2.43. The van der Waals surface area contributed by atoms with E-state index in [1.54, 1.807) is 15.9 Å². The minimum absolute atomic E-state index is 0.0216. The van der Waals surface area contributed by atoms with Gasteiger partial charge in [0.15, 0.2) is 0 Å². The highest BCUT2D eigenvalue weighted by atomic mass is 16.6. The zero-order chi connectivity index (χ0) is 26.7. The molecule has 11 nitrogen and oxygen atoms in total. The van der Waals surface area contributed by atoms with Crippen molar-refractivity contribution in [2.45, 2.75) is 37.3 Å². The summed E-state index contributed by atoms with van der Waals surface area (Å²) in [5, 5.41) is 14.0. The molecule has 1 atom stereocenters. The number of carbonyl (C=O) groups is 3. The molecule has 1 spiro atoms. The number of nitro groups is 1. The van der Waals surface area contributed by atoms with Gasteiger partial charge in [-0.3, -0.25) is 24.5 Å². The molecule has 2 aromatic carbocycles. The minimum Gasteiger partial charge on any atom is -0.376 e. The zero-order valence-corrected chi connectivity index (χ0v) is 21.1. The van der Waals surface area contributed by atoms with Gasteiger partial charge in [-0.1, -0.05) is 24.3 Å². The molecule has 200 valence electrons. The SMILES string of the molecule is O=C(CN1CN(c2ccccc2)C2(CCN(C(=O)c3cccc([N+](=O)[O-])c3)CC2)C1=O)NCC1CCCO1. The number of hydrogen-bond donors (Lipinski definition) is 1. The van der Waals surface area contributed by atoms with E-state index in [4.69, 9.17) is 4.74 Å². The maximum atomic E-state index is 13.8. The molecule has 0 aliphatic carbocycles. The number of likely N-dealkylation sites (tertiary alicyclic amines) is 1. The van der Waals surface area contributed by atoms with E-state index in [0.717, 1.165) is 18.5 Å². The molecule has 3 aliphatic heterocycles. The molecular formula is C27H31N5O6. The van der Waals surface area contributed by atoms with Crippen LogP contribution in [-0.2, 0) is 14.3 Å². The molecule has 38 heavy (non-hydrogen) atoms. The molecular weight excluding hydrogens is 490 g/mol. The second kappa shape index (κ2) is 10.8. The van der Waals surface area contributed by atoms with E-state index in [9.17, 15) is 24.5 Å². The molecule has 1 N–H and O–H groups in total. The van der Waals surface area contributed by atoms with Gasteiger partial charge in [0, 0.05) is 49.6 Å². The number of nitrogens with zero attached hydrogens (tertiary/aromatic N) is 4. The fourth-order valence-corrected chi connectivity index (χ4v) is 5.60. The molecule has 3 amide bonds. The van der Waals surface area contributed by atoms with E-state index >= 15 is 0 Å². The van der Waals surface area contributed by atoms with E-state index < -0.39 is 10.5 Å². The number of non-ortho nitro benzene ring substituents is 1. The molecule has 3 heterocycles. The topological polar surface area (TPSA) is 125 Å². The van der Waals surface area contributed by atoms with Crippen molar-refractivity contribution >= 4 is 29.1 Å². The fourth-order valence-electron chi connectivity index (χ4n) is 5.60. The second-order valence-electron chi connectivity index (χ2n) is 9.98. The Kier molecular flexibility index (Phi) is 7.28. The first kappa shape index (κ1) is 25.7. The van der Waals surface area contributed by atoms with Crippen molar-refractivity contribution in [2.75, 3.05) is 44.4 Å². The largest absolute Gasteiger partial charge is 0.376 e. The third-order valence-corrected chi connectivity index (χ3v) is 7.65. The van der Waals surface area contributed by atoms with Crippen LogP contribution in [0.2, 0.25) is 0 Å². The molecule has 0 bridgehead atoms. The number of nitro benzene ring substituents is 1. The Morgan fingerprint density at radius 2 is 1.87 bits per heavy atom. The van der Waals surface area contributed by atoms with Gasteiger partial charge in [-0.15, -0.1) is 0 Å². The summed E-state index contributed by atoms with van der Waals surface area (Å²) in [6.07, 6.45) is 2.69. The lowest BCUT2D eigenvalue weighted by molar-refractivity contribution is -0.384. The van der Waals surface area contributed by atoms with Crippen LogP contribution in [0.15, 0.2) is 54.6 Å². The number of rotatable bonds is 7.